The Balaban J connectivity index is 2.06. The van der Waals surface area contributed by atoms with E-state index in [4.69, 9.17) is 18.9 Å². The summed E-state index contributed by atoms with van der Waals surface area (Å²) in [6, 6.07) is 0. The van der Waals surface area contributed by atoms with Crippen molar-refractivity contribution in [2.24, 2.45) is 5.92 Å². The number of ether oxygens (including phenoxy) is 4. The van der Waals surface area contributed by atoms with Gasteiger partial charge in [-0.15, -0.1) is 0 Å². The van der Waals surface area contributed by atoms with Crippen molar-refractivity contribution in [2.75, 3.05) is 11.9 Å². The number of amides is 1. The number of aromatic nitrogens is 4. The van der Waals surface area contributed by atoms with Crippen molar-refractivity contribution in [3.8, 4) is 0 Å². The van der Waals surface area contributed by atoms with Crippen LogP contribution in [0.1, 0.15) is 40.8 Å². The van der Waals surface area contributed by atoms with Gasteiger partial charge in [-0.2, -0.15) is 4.98 Å². The number of carbonyl (C=O) groups is 4. The zero-order chi connectivity index (χ0) is 25.2. The molecule has 3 heterocycles. The molecule has 2 aromatic heterocycles. The van der Waals surface area contributed by atoms with E-state index in [1.54, 1.807) is 13.8 Å². The maximum atomic E-state index is 12.5. The number of hydrogen-bond acceptors (Lipinski definition) is 11. The molecule has 14 nitrogen and oxygen atoms in total. The first kappa shape index (κ1) is 24.8. The Hall–Kier alpha value is -3.81. The Morgan fingerprint density at radius 1 is 1.12 bits per heavy atom. The third-order valence-corrected chi connectivity index (χ3v) is 4.81. The van der Waals surface area contributed by atoms with Crippen LogP contribution in [-0.4, -0.2) is 68.3 Å². The summed E-state index contributed by atoms with van der Waals surface area (Å²) < 4.78 is 23.0. The molecule has 1 amide bonds. The second kappa shape index (κ2) is 9.99. The smallest absolute Gasteiger partial charge is 0.303 e. The molecule has 2 N–H and O–H groups in total. The van der Waals surface area contributed by atoms with E-state index in [9.17, 15) is 24.0 Å². The highest BCUT2D eigenvalue weighted by molar-refractivity contribution is 5.91. The Bertz CT molecular complexity index is 1170. The van der Waals surface area contributed by atoms with E-state index in [-0.39, 0.29) is 35.5 Å². The molecule has 184 valence electrons. The number of fused-ring (bicyclic) bond motifs is 1. The van der Waals surface area contributed by atoms with Crippen LogP contribution >= 0.6 is 0 Å². The highest BCUT2D eigenvalue weighted by atomic mass is 16.7. The van der Waals surface area contributed by atoms with Gasteiger partial charge in [0.1, 0.15) is 12.7 Å². The van der Waals surface area contributed by atoms with E-state index in [0.717, 1.165) is 6.92 Å². The van der Waals surface area contributed by atoms with Gasteiger partial charge in [-0.25, -0.2) is 4.98 Å². The van der Waals surface area contributed by atoms with E-state index < -0.39 is 48.0 Å². The first-order chi connectivity index (χ1) is 16.0. The first-order valence-electron chi connectivity index (χ1n) is 10.4. The maximum absolute atomic E-state index is 12.5. The molecule has 1 aliphatic rings. The molecule has 0 aromatic carbocycles. The minimum atomic E-state index is -1.19. The van der Waals surface area contributed by atoms with E-state index in [1.165, 1.54) is 24.7 Å². The molecule has 0 bridgehead atoms. The van der Waals surface area contributed by atoms with Crippen LogP contribution in [-0.2, 0) is 38.1 Å². The Morgan fingerprint density at radius 3 is 2.35 bits per heavy atom. The first-order valence-corrected chi connectivity index (χ1v) is 10.4. The monoisotopic (exact) mass is 479 g/mol. The predicted octanol–water partition coefficient (Wildman–Crippen LogP) is 0.0380. The minimum Gasteiger partial charge on any atom is -0.463 e. The second-order valence-electron chi connectivity index (χ2n) is 7.90. The van der Waals surface area contributed by atoms with Crippen LogP contribution in [0.5, 0.6) is 0 Å². The third kappa shape index (κ3) is 5.39. The molecular formula is C20H25N5O9. The predicted molar refractivity (Wildman–Crippen MR) is 113 cm³/mol. The lowest BCUT2D eigenvalue weighted by Gasteiger charge is -2.23. The summed E-state index contributed by atoms with van der Waals surface area (Å²) in [7, 11) is 0. The summed E-state index contributed by atoms with van der Waals surface area (Å²) in [5.41, 5.74) is -0.683. The summed E-state index contributed by atoms with van der Waals surface area (Å²) in [5.74, 6) is -2.83. The molecule has 0 radical (unpaired) electrons. The SMILES string of the molecule is CC(=O)OC[C@H]1O[C@@H](n2cnc3c(=O)[nH]c(NC(=O)C(C)C)nc32)[C@H](OC(C)=O)[C@@H]1OC(C)=O. The largest absolute Gasteiger partial charge is 0.463 e. The molecule has 14 heteroatoms. The number of nitrogens with one attached hydrogen (secondary N) is 2. The number of esters is 3. The molecule has 1 fully saturated rings. The van der Waals surface area contributed by atoms with Gasteiger partial charge < -0.3 is 18.9 Å². The molecule has 3 rings (SSSR count). The van der Waals surface area contributed by atoms with Gasteiger partial charge in [0.2, 0.25) is 11.9 Å². The molecule has 0 spiro atoms. The van der Waals surface area contributed by atoms with E-state index in [1.807, 2.05) is 0 Å². The fraction of sp³-hybridized carbons (Fsp3) is 0.550. The number of nitrogens with zero attached hydrogens (tertiary/aromatic N) is 3. The number of hydrogen-bond donors (Lipinski definition) is 2. The quantitative estimate of drug-likeness (QED) is 0.404. The lowest BCUT2D eigenvalue weighted by atomic mass is 10.1. The maximum Gasteiger partial charge on any atom is 0.303 e. The van der Waals surface area contributed by atoms with Gasteiger partial charge in [-0.1, -0.05) is 13.8 Å². The zero-order valence-corrected chi connectivity index (χ0v) is 19.2. The molecule has 0 aliphatic carbocycles. The van der Waals surface area contributed by atoms with Crippen molar-refractivity contribution >= 4 is 40.9 Å². The number of carbonyl (C=O) groups excluding carboxylic acids is 4. The average molecular weight is 479 g/mol. The normalized spacial score (nSPS) is 21.9. The van der Waals surface area contributed by atoms with Crippen molar-refractivity contribution in [1.82, 2.24) is 19.5 Å². The van der Waals surface area contributed by atoms with Crippen LogP contribution in [0.3, 0.4) is 0 Å². The van der Waals surface area contributed by atoms with E-state index in [0.29, 0.717) is 0 Å². The van der Waals surface area contributed by atoms with Crippen molar-refractivity contribution in [3.63, 3.8) is 0 Å². The number of imidazole rings is 1. The lowest BCUT2D eigenvalue weighted by Crippen LogP contribution is -2.40. The number of H-pyrrole nitrogens is 1. The van der Waals surface area contributed by atoms with Crippen molar-refractivity contribution in [1.29, 1.82) is 0 Å². The molecule has 0 saturated carbocycles. The molecule has 4 atom stereocenters. The summed E-state index contributed by atoms with van der Waals surface area (Å²) in [6.07, 6.45) is -3.23. The Labute approximate surface area is 192 Å². The van der Waals surface area contributed by atoms with Gasteiger partial charge in [-0.05, 0) is 0 Å². The summed E-state index contributed by atoms with van der Waals surface area (Å²) in [5, 5.41) is 2.50. The molecule has 34 heavy (non-hydrogen) atoms. The molecular weight excluding hydrogens is 454 g/mol. The average Bonchev–Trinajstić information content (AvgIpc) is 3.28. The van der Waals surface area contributed by atoms with Crippen LogP contribution < -0.4 is 10.9 Å². The fourth-order valence-corrected chi connectivity index (χ4v) is 3.35. The molecule has 1 saturated heterocycles. The molecule has 1 aliphatic heterocycles. The molecule has 2 aromatic rings. The van der Waals surface area contributed by atoms with Crippen LogP contribution in [0.4, 0.5) is 5.95 Å². The van der Waals surface area contributed by atoms with Gasteiger partial charge in [0, 0.05) is 26.7 Å². The van der Waals surface area contributed by atoms with Gasteiger partial charge in [0.15, 0.2) is 29.6 Å². The van der Waals surface area contributed by atoms with Crippen molar-refractivity contribution < 1.29 is 38.1 Å². The summed E-state index contributed by atoms with van der Waals surface area (Å²) in [6.45, 7) is 6.57. The van der Waals surface area contributed by atoms with Gasteiger partial charge in [-0.3, -0.25) is 38.8 Å². The number of aromatic amines is 1. The summed E-state index contributed by atoms with van der Waals surface area (Å²) >= 11 is 0. The van der Waals surface area contributed by atoms with Gasteiger partial charge in [0.05, 0.1) is 6.33 Å². The number of rotatable bonds is 7. The minimum absolute atomic E-state index is 0.0136. The van der Waals surface area contributed by atoms with E-state index in [2.05, 4.69) is 20.3 Å². The lowest BCUT2D eigenvalue weighted by molar-refractivity contribution is -0.166. The van der Waals surface area contributed by atoms with E-state index >= 15 is 0 Å². The van der Waals surface area contributed by atoms with Crippen molar-refractivity contribution in [2.45, 2.75) is 59.2 Å². The highest BCUT2D eigenvalue weighted by Gasteiger charge is 2.51. The summed E-state index contributed by atoms with van der Waals surface area (Å²) in [4.78, 5) is 70.2. The van der Waals surface area contributed by atoms with Crippen LogP contribution in [0.25, 0.3) is 11.2 Å². The van der Waals surface area contributed by atoms with Crippen molar-refractivity contribution in [3.05, 3.63) is 16.7 Å². The van der Waals surface area contributed by atoms with Gasteiger partial charge in [0.25, 0.3) is 5.56 Å². The fourth-order valence-electron chi connectivity index (χ4n) is 3.35. The van der Waals surface area contributed by atoms with Gasteiger partial charge >= 0.3 is 17.9 Å². The molecule has 0 unspecified atom stereocenters. The zero-order valence-electron chi connectivity index (χ0n) is 19.2. The second-order valence-corrected chi connectivity index (χ2v) is 7.90. The van der Waals surface area contributed by atoms with Crippen LogP contribution in [0.2, 0.25) is 0 Å². The Kier molecular flexibility index (Phi) is 7.29. The third-order valence-electron chi connectivity index (χ3n) is 4.81. The highest BCUT2D eigenvalue weighted by Crippen LogP contribution is 2.35. The van der Waals surface area contributed by atoms with Crippen LogP contribution in [0.15, 0.2) is 11.1 Å². The topological polar surface area (TPSA) is 181 Å². The Morgan fingerprint density at radius 2 is 1.76 bits per heavy atom. The number of anilines is 1. The van der Waals surface area contributed by atoms with Crippen LogP contribution in [0, 0.1) is 5.92 Å². The standard InChI is InChI=1S/C20H25N5O9/c1-8(2)17(29)23-20-22-16-13(18(30)24-20)21-7-25(16)19-15(33-11(5)28)14(32-10(4)27)12(34-19)6-31-9(3)26/h7-8,12,14-15,19H,6H2,1-5H3,(H2,22,23,24,29,30)/t12-,14-,15-,19-/m1/s1.